The Hall–Kier alpha value is -10.0. The van der Waals surface area contributed by atoms with Crippen LogP contribution in [-0.4, -0.2) is 213 Å². The van der Waals surface area contributed by atoms with Crippen LogP contribution in [0.1, 0.15) is 190 Å². The number of rotatable bonds is 42. The topological polar surface area (TPSA) is 615 Å². The number of nitrogens with two attached hydrogens (primary N) is 4. The number of nitrogens with zero attached hydrogens (tertiary/aromatic N) is 2. The maximum Gasteiger partial charge on any atom is 0.305 e. The highest BCUT2D eigenvalue weighted by Crippen LogP contribution is 2.16. The van der Waals surface area contributed by atoms with Gasteiger partial charge in [-0.3, -0.25) is 81.7 Å². The maximum absolute atomic E-state index is 14.7. The Morgan fingerprint density at radius 2 is 1.15 bits per heavy atom. The fourth-order valence-electron chi connectivity index (χ4n) is 11.0. The average Bonchev–Trinajstić information content (AvgIpc) is 1.66. The largest absolute Gasteiger partial charge is 0.481 e. The summed E-state index contributed by atoms with van der Waals surface area (Å²) in [5.41, 5.74) is 23.0. The summed E-state index contributed by atoms with van der Waals surface area (Å²) in [6.07, 6.45) is 1.73. The Morgan fingerprint density at radius 1 is 0.610 bits per heavy atom. The molecule has 0 saturated carbocycles. The lowest BCUT2D eigenvalue weighted by atomic mass is 9.94. The van der Waals surface area contributed by atoms with Crippen LogP contribution in [0, 0.1) is 17.8 Å². The summed E-state index contributed by atoms with van der Waals surface area (Å²) in [6, 6.07) is -17.4. The first-order valence-electron chi connectivity index (χ1n) is 35.9. The van der Waals surface area contributed by atoms with Crippen molar-refractivity contribution in [2.45, 2.75) is 263 Å². The van der Waals surface area contributed by atoms with Crippen LogP contribution in [-0.2, 0) is 83.1 Å². The summed E-state index contributed by atoms with van der Waals surface area (Å²) in [6.45, 7) is 14.8. The summed E-state index contributed by atoms with van der Waals surface area (Å²) < 4.78 is 0. The van der Waals surface area contributed by atoms with Crippen molar-refractivity contribution in [1.29, 1.82) is 0 Å². The van der Waals surface area contributed by atoms with Crippen LogP contribution in [0.25, 0.3) is 0 Å². The van der Waals surface area contributed by atoms with E-state index in [2.05, 4.69) is 84.1 Å². The lowest BCUT2D eigenvalue weighted by molar-refractivity contribution is -0.142. The smallest absolute Gasteiger partial charge is 0.305 e. The zero-order valence-corrected chi connectivity index (χ0v) is 61.7. The summed E-state index contributed by atoms with van der Waals surface area (Å²) in [5, 5.41) is 53.2. The highest BCUT2D eigenvalue weighted by atomic mass is 16.4. The van der Waals surface area contributed by atoms with Gasteiger partial charge in [0.05, 0.1) is 12.7 Å². The zero-order valence-electron chi connectivity index (χ0n) is 61.7. The lowest BCUT2D eigenvalue weighted by Gasteiger charge is -2.30. The number of H-pyrrole nitrogens is 1. The molecule has 1 aromatic heterocycles. The van der Waals surface area contributed by atoms with Gasteiger partial charge in [0.1, 0.15) is 72.5 Å². The minimum absolute atomic E-state index is 0.0147. The Morgan fingerprint density at radius 3 is 1.68 bits per heavy atom. The van der Waals surface area contributed by atoms with E-state index in [0.29, 0.717) is 37.8 Å². The van der Waals surface area contributed by atoms with Crippen molar-refractivity contribution in [2.24, 2.45) is 45.7 Å². The van der Waals surface area contributed by atoms with Crippen molar-refractivity contribution in [3.63, 3.8) is 0 Å². The highest BCUT2D eigenvalue weighted by Gasteiger charge is 2.39. The number of aromatic nitrogens is 2. The van der Waals surface area contributed by atoms with Crippen molar-refractivity contribution in [1.82, 2.24) is 79.1 Å². The van der Waals surface area contributed by atoms with Crippen LogP contribution < -0.4 is 92.1 Å². The quantitative estimate of drug-likeness (QED) is 0.0170. The van der Waals surface area contributed by atoms with Crippen LogP contribution in [0.4, 0.5) is 0 Å². The number of carboxylic acids is 2. The van der Waals surface area contributed by atoms with E-state index in [0.717, 1.165) is 0 Å². The van der Waals surface area contributed by atoms with Crippen LogP contribution in [0.15, 0.2) is 17.5 Å². The van der Waals surface area contributed by atoms with Gasteiger partial charge in [-0.2, -0.15) is 0 Å². The molecular weight excluding hydrogens is 1370 g/mol. The molecule has 0 bridgehead atoms. The summed E-state index contributed by atoms with van der Waals surface area (Å²) in [7, 11) is 0. The van der Waals surface area contributed by atoms with Gasteiger partial charge < -0.3 is 107 Å². The number of aliphatic imine (C=N–C) groups is 1. The minimum atomic E-state index is -1.98. The van der Waals surface area contributed by atoms with E-state index >= 15 is 0 Å². The van der Waals surface area contributed by atoms with Crippen LogP contribution >= 0.6 is 0 Å². The highest BCUT2D eigenvalue weighted by molar-refractivity contribution is 6.00. The minimum Gasteiger partial charge on any atom is -0.481 e. The van der Waals surface area contributed by atoms with Crippen molar-refractivity contribution in [2.75, 3.05) is 19.6 Å². The van der Waals surface area contributed by atoms with Gasteiger partial charge in [0.2, 0.25) is 82.7 Å². The second-order valence-electron chi connectivity index (χ2n) is 26.8. The van der Waals surface area contributed by atoms with Gasteiger partial charge in [-0.15, -0.1) is 0 Å². The molecule has 0 aromatic carbocycles. The first-order chi connectivity index (χ1) is 49.5. The first-order valence-corrected chi connectivity index (χ1v) is 35.9. The molecule has 0 radical (unpaired) electrons. The molecule has 0 aliphatic carbocycles. The molecule has 14 atom stereocenters. The van der Waals surface area contributed by atoms with Gasteiger partial charge in [-0.1, -0.05) is 74.1 Å². The van der Waals surface area contributed by atoms with Crippen molar-refractivity contribution < 1.29 is 86.9 Å². The molecule has 1 aliphatic heterocycles. The number of aliphatic carboxylic acids is 2. The number of unbranched alkanes of at least 4 members (excludes halogenated alkanes) is 2. The standard InChI is InChI=1S/C67H114N20O18/c1-10-13-19-41(58(97)82-46(24-26-51(90)91)62(101)87-54(37(7)12-3)66(105)86-53(55(69)94)36(6)11-2)79-63(102)47(30-35(4)5)84-60(99)42(20-14-16-27-68)78-59(98)44(22-18-29-74-67(70)71)81-65(104)49(32-52(92)93)85-61(100)43-21-15-17-28-73-50(89)25-23-45(77-39(9)88)57(96)76-38(8)56(95)83-48(64(103)80-43)31-40-33-72-34-75-40/h33-38,41-49,53-54H,10-32,68H2,1-9H3,(H2,69,94)(H,72,75)(H,73,89)(H,76,96)(H,77,88)(H,78,98)(H,79,102)(H,80,103)(H,81,104)(H,82,97)(H,83,95)(H,84,99)(H,85,100)(H,86,105)(H,87,101)(H,90,91)(H,92,93)(H4,70,71,74)/t36-,37-,38-,41-,42-,43-,44-,45-,46-,47-,48-,49-,53-,54-/m0/s1. The molecule has 1 aliphatic rings. The van der Waals surface area contributed by atoms with Crippen LogP contribution in [0.3, 0.4) is 0 Å². The van der Waals surface area contributed by atoms with E-state index in [1.54, 1.807) is 41.5 Å². The Balaban J connectivity index is 2.60. The van der Waals surface area contributed by atoms with Gasteiger partial charge in [-0.05, 0) is 108 Å². The summed E-state index contributed by atoms with van der Waals surface area (Å²) >= 11 is 0. The third-order valence-electron chi connectivity index (χ3n) is 17.5. The number of hydrogen-bond acceptors (Lipinski definition) is 19. The van der Waals surface area contributed by atoms with Gasteiger partial charge in [-0.25, -0.2) is 4.98 Å². The normalized spacial score (nSPS) is 19.0. The molecule has 0 unspecified atom stereocenters. The number of carbonyl (C=O) groups excluding carboxylic acids is 14. The molecule has 38 heteroatoms. The predicted octanol–water partition coefficient (Wildman–Crippen LogP) is -3.77. The van der Waals surface area contributed by atoms with E-state index in [1.807, 2.05) is 6.92 Å². The van der Waals surface area contributed by atoms with E-state index < -0.39 is 192 Å². The molecule has 14 amide bonds. The number of carboxylic acid groups (broad SMARTS) is 2. The number of amides is 14. The summed E-state index contributed by atoms with van der Waals surface area (Å²) in [5.74, 6) is -16.8. The molecule has 1 saturated heterocycles. The fourth-order valence-corrected chi connectivity index (χ4v) is 11.0. The van der Waals surface area contributed by atoms with Gasteiger partial charge in [0, 0.05) is 51.2 Å². The molecular formula is C67H114N20O18. The van der Waals surface area contributed by atoms with E-state index in [-0.39, 0.29) is 114 Å². The number of carbonyl (C=O) groups is 16. The van der Waals surface area contributed by atoms with E-state index in [1.165, 1.54) is 26.4 Å². The lowest BCUT2D eigenvalue weighted by Crippen LogP contribution is -2.61. The van der Waals surface area contributed by atoms with Gasteiger partial charge in [0.25, 0.3) is 0 Å². The van der Waals surface area contributed by atoms with Crippen LogP contribution in [0.2, 0.25) is 0 Å². The molecule has 24 N–H and O–H groups in total. The van der Waals surface area contributed by atoms with E-state index in [4.69, 9.17) is 22.9 Å². The monoisotopic (exact) mass is 1490 g/mol. The average molecular weight is 1490 g/mol. The number of primary amides is 1. The van der Waals surface area contributed by atoms with Crippen molar-refractivity contribution in [3.05, 3.63) is 18.2 Å². The first kappa shape index (κ1) is 91.0. The zero-order chi connectivity index (χ0) is 79.0. The second-order valence-corrected chi connectivity index (χ2v) is 26.8. The molecule has 0 spiro atoms. The Bertz CT molecular complexity index is 3110. The predicted molar refractivity (Wildman–Crippen MR) is 382 cm³/mol. The molecule has 2 heterocycles. The Labute approximate surface area is 611 Å². The van der Waals surface area contributed by atoms with Gasteiger partial charge >= 0.3 is 11.9 Å². The number of guanidine groups is 1. The maximum atomic E-state index is 14.7. The third kappa shape index (κ3) is 34.9. The number of hydrogen-bond donors (Lipinski definition) is 20. The second kappa shape index (κ2) is 48.1. The molecule has 105 heavy (non-hydrogen) atoms. The van der Waals surface area contributed by atoms with Crippen molar-refractivity contribution in [3.8, 4) is 0 Å². The third-order valence-corrected chi connectivity index (χ3v) is 17.5. The SMILES string of the molecule is CCCC[C@H](NC(=O)[C@H](CC(C)C)NC(=O)[C@H](CCCCN)NC(=O)[C@H](CCCN=C(N)N)NC(=O)[C@H](CC(=O)O)NC(=O)[C@@H]1CCCCNC(=O)CC[C@H](NC(C)=O)C(=O)N[C@@H](C)C(=O)N[C@@H](Cc2cnc[nH]2)C(=O)N1)C(=O)N[C@@H](CCC(=O)O)C(=O)N[C@H](C(=O)N[C@H](C(N)=O)[C@@H](C)CC)[C@@H](C)CC. The Kier molecular flexibility index (Phi) is 41.7. The molecule has 1 fully saturated rings. The molecule has 38 nitrogen and oxygen atoms in total. The van der Waals surface area contributed by atoms with Gasteiger partial charge in [0.15, 0.2) is 5.96 Å². The molecule has 2 rings (SSSR count). The number of aromatic amines is 1. The molecule has 1 aromatic rings. The number of imidazole rings is 1. The van der Waals surface area contributed by atoms with Crippen molar-refractivity contribution >= 4 is 101 Å². The summed E-state index contributed by atoms with van der Waals surface area (Å²) in [4.78, 5) is 229. The van der Waals surface area contributed by atoms with E-state index in [9.17, 15) is 86.9 Å². The van der Waals surface area contributed by atoms with Crippen LogP contribution in [0.5, 0.6) is 0 Å². The fraction of sp³-hybridized carbons (Fsp3) is 0.701. The molecule has 590 valence electrons. The number of nitrogens with one attached hydrogen (secondary N) is 14.